The molecule has 0 atom stereocenters. The van der Waals surface area contributed by atoms with Gasteiger partial charge in [-0.1, -0.05) is 25.7 Å². The van der Waals surface area contributed by atoms with E-state index in [1.807, 2.05) is 0 Å². The molecule has 1 heterocycles. The first-order chi connectivity index (χ1) is 7.29. The maximum Gasteiger partial charge on any atom is 0.0678 e. The summed E-state index contributed by atoms with van der Waals surface area (Å²) in [4.78, 5) is 0. The summed E-state index contributed by atoms with van der Waals surface area (Å²) < 4.78 is 6.09. The first-order valence-electron chi connectivity index (χ1n) is 6.63. The lowest BCUT2D eigenvalue weighted by molar-refractivity contribution is -0.0558. The van der Waals surface area contributed by atoms with Crippen molar-refractivity contribution in [2.45, 2.75) is 57.5 Å². The zero-order chi connectivity index (χ0) is 10.6. The van der Waals surface area contributed by atoms with Gasteiger partial charge in [-0.15, -0.1) is 0 Å². The van der Waals surface area contributed by atoms with Gasteiger partial charge in [0.05, 0.1) is 5.60 Å². The van der Waals surface area contributed by atoms with Crippen LogP contribution in [0.4, 0.5) is 0 Å². The Hall–Kier alpha value is -0.0800. The molecule has 1 saturated carbocycles. The summed E-state index contributed by atoms with van der Waals surface area (Å²) in [5.41, 5.74) is 0.170. The van der Waals surface area contributed by atoms with Gasteiger partial charge in [-0.25, -0.2) is 0 Å². The average Bonchev–Trinajstić information content (AvgIpc) is 2.71. The van der Waals surface area contributed by atoms with Crippen molar-refractivity contribution in [1.82, 2.24) is 5.32 Å². The molecule has 0 aromatic heterocycles. The van der Waals surface area contributed by atoms with Crippen LogP contribution in [0.3, 0.4) is 0 Å². The molecule has 0 spiro atoms. The second-order valence-corrected chi connectivity index (χ2v) is 5.49. The number of ether oxygens (including phenoxy) is 1. The molecule has 1 aliphatic carbocycles. The molecule has 0 aromatic rings. The third-order valence-corrected chi connectivity index (χ3v) is 4.11. The molecule has 2 rings (SSSR count). The van der Waals surface area contributed by atoms with Gasteiger partial charge in [0.1, 0.15) is 0 Å². The van der Waals surface area contributed by atoms with Crippen molar-refractivity contribution in [2.24, 2.45) is 5.92 Å². The van der Waals surface area contributed by atoms with Crippen molar-refractivity contribution in [2.75, 3.05) is 19.7 Å². The van der Waals surface area contributed by atoms with Crippen LogP contribution in [0.5, 0.6) is 0 Å². The molecule has 2 heteroatoms. The van der Waals surface area contributed by atoms with E-state index in [4.69, 9.17) is 4.74 Å². The minimum absolute atomic E-state index is 0.170. The number of rotatable bonds is 4. The van der Waals surface area contributed by atoms with Crippen molar-refractivity contribution in [3.63, 3.8) is 0 Å². The van der Waals surface area contributed by atoms with Crippen LogP contribution in [0.25, 0.3) is 0 Å². The van der Waals surface area contributed by atoms with Crippen molar-refractivity contribution in [1.29, 1.82) is 0 Å². The second kappa shape index (κ2) is 5.31. The van der Waals surface area contributed by atoms with E-state index in [1.165, 1.54) is 44.9 Å². The fraction of sp³-hybridized carbons (Fsp3) is 1.00. The van der Waals surface area contributed by atoms with E-state index >= 15 is 0 Å². The molecule has 0 amide bonds. The number of hydrogen-bond acceptors (Lipinski definition) is 2. The maximum atomic E-state index is 6.09. The Kier molecular flexibility index (Phi) is 4.04. The van der Waals surface area contributed by atoms with Gasteiger partial charge in [-0.3, -0.25) is 0 Å². The van der Waals surface area contributed by atoms with Gasteiger partial charge in [0.25, 0.3) is 0 Å². The summed E-state index contributed by atoms with van der Waals surface area (Å²) in [6, 6.07) is 0. The SMILES string of the molecule is CC1(OCCC2CCCC2)CCNCC1. The van der Waals surface area contributed by atoms with E-state index < -0.39 is 0 Å². The fourth-order valence-electron chi connectivity index (χ4n) is 2.87. The van der Waals surface area contributed by atoms with Gasteiger partial charge >= 0.3 is 0 Å². The van der Waals surface area contributed by atoms with Gasteiger partial charge in [0.15, 0.2) is 0 Å². The highest BCUT2D eigenvalue weighted by Gasteiger charge is 2.27. The zero-order valence-electron chi connectivity index (χ0n) is 10.1. The predicted octanol–water partition coefficient (Wildman–Crippen LogP) is 2.73. The van der Waals surface area contributed by atoms with E-state index in [0.717, 1.165) is 25.6 Å². The summed E-state index contributed by atoms with van der Waals surface area (Å²) in [5.74, 6) is 0.968. The number of hydrogen-bond donors (Lipinski definition) is 1. The first kappa shape index (κ1) is 11.4. The van der Waals surface area contributed by atoms with Crippen LogP contribution < -0.4 is 5.32 Å². The van der Waals surface area contributed by atoms with Crippen LogP contribution in [0, 0.1) is 5.92 Å². The van der Waals surface area contributed by atoms with Crippen molar-refractivity contribution >= 4 is 0 Å². The second-order valence-electron chi connectivity index (χ2n) is 5.49. The van der Waals surface area contributed by atoms with Crippen molar-refractivity contribution in [3.05, 3.63) is 0 Å². The summed E-state index contributed by atoms with van der Waals surface area (Å²) in [5, 5.41) is 3.39. The van der Waals surface area contributed by atoms with Crippen molar-refractivity contribution < 1.29 is 4.74 Å². The van der Waals surface area contributed by atoms with Gasteiger partial charge in [0.2, 0.25) is 0 Å². The quantitative estimate of drug-likeness (QED) is 0.772. The minimum atomic E-state index is 0.170. The third-order valence-electron chi connectivity index (χ3n) is 4.11. The molecule has 1 aliphatic heterocycles. The Balaban J connectivity index is 1.63. The highest BCUT2D eigenvalue weighted by Crippen LogP contribution is 2.29. The number of nitrogens with one attached hydrogen (secondary N) is 1. The van der Waals surface area contributed by atoms with Crippen molar-refractivity contribution in [3.8, 4) is 0 Å². The van der Waals surface area contributed by atoms with Crippen LogP contribution >= 0.6 is 0 Å². The molecular formula is C13H25NO. The van der Waals surface area contributed by atoms with E-state index in [2.05, 4.69) is 12.2 Å². The molecule has 2 fully saturated rings. The molecule has 0 radical (unpaired) electrons. The summed E-state index contributed by atoms with van der Waals surface area (Å²) in [7, 11) is 0. The van der Waals surface area contributed by atoms with E-state index in [9.17, 15) is 0 Å². The van der Waals surface area contributed by atoms with E-state index in [1.54, 1.807) is 0 Å². The van der Waals surface area contributed by atoms with E-state index in [-0.39, 0.29) is 5.60 Å². The molecule has 0 aromatic carbocycles. The van der Waals surface area contributed by atoms with E-state index in [0.29, 0.717) is 0 Å². The molecule has 0 bridgehead atoms. The Morgan fingerprint density at radius 3 is 2.53 bits per heavy atom. The smallest absolute Gasteiger partial charge is 0.0678 e. The maximum absolute atomic E-state index is 6.09. The summed E-state index contributed by atoms with van der Waals surface area (Å²) in [6.07, 6.45) is 9.44. The summed E-state index contributed by atoms with van der Waals surface area (Å²) in [6.45, 7) is 5.52. The highest BCUT2D eigenvalue weighted by atomic mass is 16.5. The molecule has 1 saturated heterocycles. The normalized spacial score (nSPS) is 27.0. The van der Waals surface area contributed by atoms with Gasteiger partial charge in [0, 0.05) is 6.61 Å². The molecule has 88 valence electrons. The first-order valence-corrected chi connectivity index (χ1v) is 6.63. The Morgan fingerprint density at radius 1 is 1.20 bits per heavy atom. The Bertz CT molecular complexity index is 181. The predicted molar refractivity (Wildman–Crippen MR) is 63.0 cm³/mol. The minimum Gasteiger partial charge on any atom is -0.375 e. The topological polar surface area (TPSA) is 21.3 Å². The highest BCUT2D eigenvalue weighted by molar-refractivity contribution is 4.81. The Morgan fingerprint density at radius 2 is 1.87 bits per heavy atom. The van der Waals surface area contributed by atoms with Gasteiger partial charge in [-0.05, 0) is 45.2 Å². The van der Waals surface area contributed by atoms with Crippen LogP contribution in [-0.2, 0) is 4.74 Å². The lowest BCUT2D eigenvalue weighted by Gasteiger charge is -2.34. The third kappa shape index (κ3) is 3.46. The fourth-order valence-corrected chi connectivity index (χ4v) is 2.87. The van der Waals surface area contributed by atoms with Gasteiger partial charge in [-0.2, -0.15) is 0 Å². The number of piperidine rings is 1. The van der Waals surface area contributed by atoms with Crippen LogP contribution in [0.1, 0.15) is 51.9 Å². The molecule has 15 heavy (non-hydrogen) atoms. The van der Waals surface area contributed by atoms with Gasteiger partial charge < -0.3 is 10.1 Å². The van der Waals surface area contributed by atoms with Crippen LogP contribution in [0.2, 0.25) is 0 Å². The largest absolute Gasteiger partial charge is 0.375 e. The Labute approximate surface area is 93.8 Å². The van der Waals surface area contributed by atoms with Crippen LogP contribution in [-0.4, -0.2) is 25.3 Å². The molecule has 2 aliphatic rings. The summed E-state index contributed by atoms with van der Waals surface area (Å²) >= 11 is 0. The lowest BCUT2D eigenvalue weighted by atomic mass is 9.94. The zero-order valence-corrected chi connectivity index (χ0v) is 10.1. The molecule has 2 nitrogen and oxygen atoms in total. The van der Waals surface area contributed by atoms with Crippen LogP contribution in [0.15, 0.2) is 0 Å². The molecule has 0 unspecified atom stereocenters. The monoisotopic (exact) mass is 211 g/mol. The molecule has 1 N–H and O–H groups in total. The molecular weight excluding hydrogens is 186 g/mol. The lowest BCUT2D eigenvalue weighted by Crippen LogP contribution is -2.41. The average molecular weight is 211 g/mol. The standard InChI is InChI=1S/C13H25NO/c1-13(7-9-14-10-8-13)15-11-6-12-4-2-3-5-12/h12,14H,2-11H2,1H3.